The molecule has 1 aromatic heterocycles. The lowest BCUT2D eigenvalue weighted by atomic mass is 9.67. The highest BCUT2D eigenvalue weighted by Gasteiger charge is 2.46. The van der Waals surface area contributed by atoms with Gasteiger partial charge >= 0.3 is 0 Å². The Bertz CT molecular complexity index is 3580. The molecule has 1 heterocycles. The molecule has 0 fully saturated rings. The maximum absolute atomic E-state index is 2.51. The van der Waals surface area contributed by atoms with Gasteiger partial charge < -0.3 is 4.90 Å². The van der Waals surface area contributed by atoms with E-state index in [4.69, 9.17) is 0 Å². The normalized spacial score (nSPS) is 15.3. The van der Waals surface area contributed by atoms with Crippen LogP contribution in [-0.4, -0.2) is 0 Å². The number of hydrogen-bond donors (Lipinski definition) is 0. The Morgan fingerprint density at radius 3 is 1.58 bits per heavy atom. The molecule has 0 amide bonds. The molecule has 0 radical (unpaired) electrons. The minimum absolute atomic E-state index is 0.338. The first-order valence-electron chi connectivity index (χ1n) is 22.6. The van der Waals surface area contributed by atoms with Gasteiger partial charge in [-0.15, -0.1) is 11.3 Å². The minimum atomic E-state index is -0.499. The van der Waals surface area contributed by atoms with Crippen molar-refractivity contribution < 1.29 is 0 Å². The Labute approximate surface area is 384 Å². The summed E-state index contributed by atoms with van der Waals surface area (Å²) in [4.78, 5) is 2.51. The highest BCUT2D eigenvalue weighted by molar-refractivity contribution is 7.25. The Morgan fingerprint density at radius 1 is 0.338 bits per heavy atom. The third kappa shape index (κ3) is 5.51. The van der Waals surface area contributed by atoms with Crippen LogP contribution in [0, 0.1) is 0 Å². The molecule has 0 bridgehead atoms. The third-order valence-corrected chi connectivity index (χ3v) is 15.6. The summed E-state index contributed by atoms with van der Waals surface area (Å²) in [6.45, 7) is 2.41. The van der Waals surface area contributed by atoms with Gasteiger partial charge in [0, 0.05) is 42.5 Å². The van der Waals surface area contributed by atoms with Gasteiger partial charge in [0.25, 0.3) is 0 Å². The Morgan fingerprint density at radius 2 is 0.846 bits per heavy atom. The summed E-state index contributed by atoms with van der Waals surface area (Å²) in [6, 6.07) is 90.6. The van der Waals surface area contributed by atoms with Gasteiger partial charge in [0.2, 0.25) is 0 Å². The molecule has 65 heavy (non-hydrogen) atoms. The molecule has 10 aromatic carbocycles. The van der Waals surface area contributed by atoms with Crippen LogP contribution in [0.1, 0.15) is 45.9 Å². The third-order valence-electron chi connectivity index (χ3n) is 14.4. The minimum Gasteiger partial charge on any atom is -0.310 e. The summed E-state index contributed by atoms with van der Waals surface area (Å²) < 4.78 is 2.60. The van der Waals surface area contributed by atoms with Gasteiger partial charge in [-0.1, -0.05) is 194 Å². The molecule has 2 aliphatic carbocycles. The van der Waals surface area contributed by atoms with Crippen LogP contribution in [0.15, 0.2) is 243 Å². The lowest BCUT2D eigenvalue weighted by Gasteiger charge is -2.34. The fraction of sp³-hybridized carbons (Fsp3) is 0.0476. The summed E-state index contributed by atoms with van der Waals surface area (Å²) in [6.07, 6.45) is 0. The molecule has 1 atom stereocenters. The zero-order valence-electron chi connectivity index (χ0n) is 35.9. The Balaban J connectivity index is 1.06. The van der Waals surface area contributed by atoms with Crippen LogP contribution in [0.4, 0.5) is 17.1 Å². The van der Waals surface area contributed by atoms with E-state index in [2.05, 4.69) is 254 Å². The summed E-state index contributed by atoms with van der Waals surface area (Å²) in [5, 5.41) is 2.57. The van der Waals surface area contributed by atoms with Crippen molar-refractivity contribution in [2.24, 2.45) is 0 Å². The number of benzene rings is 10. The predicted octanol–water partition coefficient (Wildman–Crippen LogP) is 16.9. The van der Waals surface area contributed by atoms with E-state index in [1.54, 1.807) is 0 Å². The number of rotatable bonds is 7. The van der Waals surface area contributed by atoms with Crippen molar-refractivity contribution >= 4 is 48.6 Å². The molecule has 0 saturated carbocycles. The van der Waals surface area contributed by atoms with Gasteiger partial charge in [-0.2, -0.15) is 0 Å². The summed E-state index contributed by atoms with van der Waals surface area (Å²) >= 11 is 1.86. The van der Waals surface area contributed by atoms with Crippen LogP contribution in [-0.2, 0) is 10.8 Å². The maximum atomic E-state index is 2.51. The van der Waals surface area contributed by atoms with E-state index < -0.39 is 5.41 Å². The Hall–Kier alpha value is -7.78. The molecule has 0 saturated heterocycles. The molecule has 1 nitrogen and oxygen atoms in total. The van der Waals surface area contributed by atoms with Crippen molar-refractivity contribution in [1.82, 2.24) is 0 Å². The van der Waals surface area contributed by atoms with Gasteiger partial charge in [0.05, 0.1) is 11.1 Å². The van der Waals surface area contributed by atoms with Crippen LogP contribution < -0.4 is 4.90 Å². The average Bonchev–Trinajstić information content (AvgIpc) is 3.99. The molecule has 0 N–H and O–H groups in total. The fourth-order valence-electron chi connectivity index (χ4n) is 11.5. The molecule has 1 unspecified atom stereocenters. The van der Waals surface area contributed by atoms with Crippen LogP contribution >= 0.6 is 11.3 Å². The van der Waals surface area contributed by atoms with Crippen LogP contribution in [0.2, 0.25) is 0 Å². The van der Waals surface area contributed by atoms with E-state index >= 15 is 0 Å². The standard InChI is InChI=1S/C63H43NS/c1-62(43-19-5-2-6-20-43)55-29-15-11-26-49(55)51-37-34-47(41-57(51)62)64(46-35-38-61-54(40-46)53-28-14-18-32-60(53)65-61)59-31-17-13-25-48(59)42-33-36-52-50-27-12-16-30-56(50)63(58(52)39-42,44-21-7-3-8-22-44)45-23-9-4-10-24-45/h2-41H,1H3. The Kier molecular flexibility index (Phi) is 8.50. The highest BCUT2D eigenvalue weighted by Crippen LogP contribution is 2.58. The fourth-order valence-corrected chi connectivity index (χ4v) is 12.6. The van der Waals surface area contributed by atoms with E-state index in [0.29, 0.717) is 0 Å². The van der Waals surface area contributed by atoms with E-state index in [1.807, 2.05) is 11.3 Å². The van der Waals surface area contributed by atoms with Gasteiger partial charge in [0.1, 0.15) is 0 Å². The highest BCUT2D eigenvalue weighted by atomic mass is 32.1. The van der Waals surface area contributed by atoms with E-state index in [-0.39, 0.29) is 5.41 Å². The molecule has 2 heteroatoms. The largest absolute Gasteiger partial charge is 0.310 e. The quantitative estimate of drug-likeness (QED) is 0.154. The summed E-state index contributed by atoms with van der Waals surface area (Å²) in [5.41, 5.74) is 19.2. The summed E-state index contributed by atoms with van der Waals surface area (Å²) in [7, 11) is 0. The molecule has 2 aliphatic rings. The first-order valence-corrected chi connectivity index (χ1v) is 23.4. The second-order valence-corrected chi connectivity index (χ2v) is 18.8. The molecular weight excluding hydrogens is 803 g/mol. The van der Waals surface area contributed by atoms with E-state index in [1.165, 1.54) is 92.5 Å². The zero-order valence-corrected chi connectivity index (χ0v) is 36.8. The number of thiophene rings is 1. The smallest absolute Gasteiger partial charge is 0.0713 e. The first-order chi connectivity index (χ1) is 32.1. The second-order valence-electron chi connectivity index (χ2n) is 17.7. The van der Waals surface area contributed by atoms with Crippen LogP contribution in [0.3, 0.4) is 0 Å². The first kappa shape index (κ1) is 37.7. The van der Waals surface area contributed by atoms with Gasteiger partial charge in [-0.25, -0.2) is 0 Å². The predicted molar refractivity (Wildman–Crippen MR) is 274 cm³/mol. The van der Waals surface area contributed by atoms with Crippen LogP contribution in [0.25, 0.3) is 53.6 Å². The van der Waals surface area contributed by atoms with Crippen molar-refractivity contribution in [1.29, 1.82) is 0 Å². The monoisotopic (exact) mass is 845 g/mol. The topological polar surface area (TPSA) is 3.24 Å². The van der Waals surface area contributed by atoms with Crippen molar-refractivity contribution in [3.05, 3.63) is 282 Å². The average molecular weight is 846 g/mol. The number of anilines is 3. The molecule has 306 valence electrons. The van der Waals surface area contributed by atoms with Crippen LogP contribution in [0.5, 0.6) is 0 Å². The SMILES string of the molecule is CC1(c2ccccc2)c2ccccc2-c2ccc(N(c3ccc4sc5ccccc5c4c3)c3ccccc3-c3ccc4c(c3)C(c3ccccc3)(c3ccccc3)c3ccccc3-4)cc21. The molecule has 0 aliphatic heterocycles. The number of para-hydroxylation sites is 1. The second kappa shape index (κ2) is 14.6. The van der Waals surface area contributed by atoms with Crippen molar-refractivity contribution in [2.75, 3.05) is 4.90 Å². The van der Waals surface area contributed by atoms with Crippen molar-refractivity contribution in [3.8, 4) is 33.4 Å². The molecule has 0 spiro atoms. The molecular formula is C63H43NS. The lowest BCUT2D eigenvalue weighted by Crippen LogP contribution is -2.28. The number of fused-ring (bicyclic) bond motifs is 9. The van der Waals surface area contributed by atoms with Crippen molar-refractivity contribution in [2.45, 2.75) is 17.8 Å². The molecule has 13 rings (SSSR count). The number of hydrogen-bond acceptors (Lipinski definition) is 2. The van der Waals surface area contributed by atoms with Gasteiger partial charge in [0.15, 0.2) is 0 Å². The van der Waals surface area contributed by atoms with E-state index in [0.717, 1.165) is 17.1 Å². The van der Waals surface area contributed by atoms with Gasteiger partial charge in [-0.3, -0.25) is 0 Å². The van der Waals surface area contributed by atoms with E-state index in [9.17, 15) is 0 Å². The summed E-state index contributed by atoms with van der Waals surface area (Å²) in [5.74, 6) is 0. The van der Waals surface area contributed by atoms with Gasteiger partial charge in [-0.05, 0) is 122 Å². The number of nitrogens with zero attached hydrogens (tertiary/aromatic N) is 1. The molecule has 11 aromatic rings. The lowest BCUT2D eigenvalue weighted by molar-refractivity contribution is 0.714. The zero-order chi connectivity index (χ0) is 43.1. The van der Waals surface area contributed by atoms with Crippen molar-refractivity contribution in [3.63, 3.8) is 0 Å². The maximum Gasteiger partial charge on any atom is 0.0713 e.